The number of halogens is 1. The third-order valence-electron chi connectivity index (χ3n) is 4.17. The van der Waals surface area contributed by atoms with Crippen molar-refractivity contribution in [3.8, 4) is 0 Å². The van der Waals surface area contributed by atoms with Gasteiger partial charge in [-0.3, -0.25) is 4.79 Å². The van der Waals surface area contributed by atoms with Crippen LogP contribution in [-0.4, -0.2) is 19.0 Å². The van der Waals surface area contributed by atoms with Gasteiger partial charge in [0.1, 0.15) is 5.82 Å². The first-order valence-corrected chi connectivity index (χ1v) is 8.02. The van der Waals surface area contributed by atoms with Crippen LogP contribution < -0.4 is 10.2 Å². The van der Waals surface area contributed by atoms with Gasteiger partial charge in [-0.15, -0.1) is 0 Å². The summed E-state index contributed by atoms with van der Waals surface area (Å²) in [6, 6.07) is 12.5. The summed E-state index contributed by atoms with van der Waals surface area (Å²) in [5.74, 6) is -0.432. The summed E-state index contributed by atoms with van der Waals surface area (Å²) in [6.07, 6.45) is 2.61. The molecule has 3 nitrogen and oxygen atoms in total. The molecule has 3 rings (SSSR count). The van der Waals surface area contributed by atoms with Gasteiger partial charge in [-0.05, 0) is 49.6 Å². The van der Waals surface area contributed by atoms with Gasteiger partial charge in [0, 0.05) is 30.9 Å². The van der Waals surface area contributed by atoms with Gasteiger partial charge >= 0.3 is 0 Å². The highest BCUT2D eigenvalue weighted by Gasteiger charge is 2.17. The topological polar surface area (TPSA) is 32.3 Å². The minimum Gasteiger partial charge on any atom is -0.371 e. The molecular weight excluding hydrogens is 291 g/mol. The number of hydrogen-bond donors (Lipinski definition) is 1. The van der Waals surface area contributed by atoms with Gasteiger partial charge in [-0.25, -0.2) is 4.39 Å². The van der Waals surface area contributed by atoms with Crippen molar-refractivity contribution in [1.82, 2.24) is 0 Å². The summed E-state index contributed by atoms with van der Waals surface area (Å²) in [7, 11) is 0. The summed E-state index contributed by atoms with van der Waals surface area (Å²) in [5.41, 5.74) is 4.38. The minimum atomic E-state index is -0.344. The zero-order valence-electron chi connectivity index (χ0n) is 13.3. The van der Waals surface area contributed by atoms with Crippen molar-refractivity contribution >= 4 is 17.3 Å². The highest BCUT2D eigenvalue weighted by Crippen LogP contribution is 2.28. The largest absolute Gasteiger partial charge is 0.371 e. The maximum absolute atomic E-state index is 13.1. The van der Waals surface area contributed by atoms with Crippen LogP contribution in [0.3, 0.4) is 0 Å². The van der Waals surface area contributed by atoms with Gasteiger partial charge in [-0.1, -0.05) is 23.8 Å². The van der Waals surface area contributed by atoms with Crippen molar-refractivity contribution in [2.24, 2.45) is 0 Å². The summed E-state index contributed by atoms with van der Waals surface area (Å²) in [6.45, 7) is 3.76. The van der Waals surface area contributed by atoms with Crippen LogP contribution in [-0.2, 0) is 11.2 Å². The van der Waals surface area contributed by atoms with Crippen LogP contribution in [0.4, 0.5) is 15.8 Å². The van der Waals surface area contributed by atoms with Gasteiger partial charge in [0.15, 0.2) is 0 Å². The minimum absolute atomic E-state index is 0.0881. The first kappa shape index (κ1) is 15.5. The Bertz CT molecular complexity index is 714. The van der Waals surface area contributed by atoms with Crippen LogP contribution in [0.2, 0.25) is 0 Å². The van der Waals surface area contributed by atoms with E-state index in [9.17, 15) is 9.18 Å². The second-order valence-corrected chi connectivity index (χ2v) is 6.03. The number of nitrogens with zero attached hydrogens (tertiary/aromatic N) is 1. The normalized spacial score (nSPS) is 13.6. The molecule has 0 atom stereocenters. The number of aryl methyl sites for hydroxylation is 2. The van der Waals surface area contributed by atoms with Crippen LogP contribution in [0, 0.1) is 12.7 Å². The lowest BCUT2D eigenvalue weighted by molar-refractivity contribution is -0.116. The second kappa shape index (κ2) is 6.82. The number of anilines is 2. The molecule has 0 spiro atoms. The first-order valence-electron chi connectivity index (χ1n) is 8.02. The molecule has 2 aromatic rings. The fraction of sp³-hybridized carbons (Fsp3) is 0.316. The van der Waals surface area contributed by atoms with Crippen molar-refractivity contribution < 1.29 is 9.18 Å². The maximum atomic E-state index is 13.1. The molecule has 1 aliphatic heterocycles. The third-order valence-corrected chi connectivity index (χ3v) is 4.17. The number of carbonyl (C=O) groups excluding carboxylic acids is 1. The van der Waals surface area contributed by atoms with E-state index in [-0.39, 0.29) is 11.7 Å². The highest BCUT2D eigenvalue weighted by molar-refractivity contribution is 5.91. The van der Waals surface area contributed by atoms with E-state index in [0.29, 0.717) is 18.7 Å². The lowest BCUT2D eigenvalue weighted by Crippen LogP contribution is -2.32. The molecule has 2 aromatic carbocycles. The molecule has 0 radical (unpaired) electrons. The van der Waals surface area contributed by atoms with E-state index in [1.165, 1.54) is 28.9 Å². The van der Waals surface area contributed by atoms with Gasteiger partial charge in [0.2, 0.25) is 5.91 Å². The molecule has 1 amide bonds. The van der Waals surface area contributed by atoms with Crippen LogP contribution in [0.15, 0.2) is 42.5 Å². The number of rotatable bonds is 4. The molecule has 23 heavy (non-hydrogen) atoms. The fourth-order valence-electron chi connectivity index (χ4n) is 3.06. The fourth-order valence-corrected chi connectivity index (χ4v) is 3.06. The molecule has 1 aliphatic rings. The Labute approximate surface area is 136 Å². The summed E-state index contributed by atoms with van der Waals surface area (Å²) in [4.78, 5) is 14.3. The predicted molar refractivity (Wildman–Crippen MR) is 91.4 cm³/mol. The summed E-state index contributed by atoms with van der Waals surface area (Å²) >= 11 is 0. The maximum Gasteiger partial charge on any atom is 0.226 e. The number of fused-ring (bicyclic) bond motifs is 1. The standard InChI is InChI=1S/C19H21FN2O/c1-14-7-8-18-15(12-14)4-3-10-22(18)11-9-19(23)21-17-6-2-5-16(20)13-17/h2,5-8,12-13H,3-4,9-11H2,1H3,(H,21,23). The number of nitrogens with one attached hydrogen (secondary N) is 1. The van der Waals surface area contributed by atoms with Crippen molar-refractivity contribution in [2.45, 2.75) is 26.2 Å². The Morgan fingerprint density at radius 1 is 1.26 bits per heavy atom. The quantitative estimate of drug-likeness (QED) is 0.928. The molecular formula is C19H21FN2O. The lowest BCUT2D eigenvalue weighted by Gasteiger charge is -2.31. The van der Waals surface area contributed by atoms with Crippen LogP contribution in [0.25, 0.3) is 0 Å². The Balaban J connectivity index is 1.60. The van der Waals surface area contributed by atoms with Crippen LogP contribution >= 0.6 is 0 Å². The van der Waals surface area contributed by atoms with Gasteiger partial charge in [0.05, 0.1) is 0 Å². The second-order valence-electron chi connectivity index (χ2n) is 6.03. The van der Waals surface area contributed by atoms with Crippen LogP contribution in [0.1, 0.15) is 24.0 Å². The molecule has 0 aromatic heterocycles. The van der Waals surface area contributed by atoms with Gasteiger partial charge in [0.25, 0.3) is 0 Å². The van der Waals surface area contributed by atoms with Crippen LogP contribution in [0.5, 0.6) is 0 Å². The molecule has 0 fully saturated rings. The molecule has 0 bridgehead atoms. The number of carbonyl (C=O) groups is 1. The van der Waals surface area contributed by atoms with E-state index >= 15 is 0 Å². The third kappa shape index (κ3) is 3.89. The molecule has 0 saturated heterocycles. The molecule has 0 aliphatic carbocycles. The highest BCUT2D eigenvalue weighted by atomic mass is 19.1. The number of amides is 1. The van der Waals surface area contributed by atoms with Crippen molar-refractivity contribution in [2.75, 3.05) is 23.3 Å². The number of hydrogen-bond acceptors (Lipinski definition) is 2. The van der Waals surface area contributed by atoms with E-state index in [1.54, 1.807) is 12.1 Å². The zero-order valence-corrected chi connectivity index (χ0v) is 13.3. The molecule has 1 heterocycles. The first-order chi connectivity index (χ1) is 11.1. The average Bonchev–Trinajstić information content (AvgIpc) is 2.52. The Hall–Kier alpha value is -2.36. The molecule has 0 saturated carbocycles. The van der Waals surface area contributed by atoms with E-state index < -0.39 is 0 Å². The molecule has 120 valence electrons. The smallest absolute Gasteiger partial charge is 0.226 e. The lowest BCUT2D eigenvalue weighted by atomic mass is 9.99. The Morgan fingerprint density at radius 3 is 2.96 bits per heavy atom. The number of benzene rings is 2. The Kier molecular flexibility index (Phi) is 4.60. The van der Waals surface area contributed by atoms with E-state index in [4.69, 9.17) is 0 Å². The van der Waals surface area contributed by atoms with Gasteiger partial charge < -0.3 is 10.2 Å². The summed E-state index contributed by atoms with van der Waals surface area (Å²) < 4.78 is 13.1. The average molecular weight is 312 g/mol. The van der Waals surface area contributed by atoms with Crippen molar-refractivity contribution in [1.29, 1.82) is 0 Å². The predicted octanol–water partition coefficient (Wildman–Crippen LogP) is 3.92. The SMILES string of the molecule is Cc1ccc2c(c1)CCCN2CCC(=O)Nc1cccc(F)c1. The van der Waals surface area contributed by atoms with E-state index in [0.717, 1.165) is 19.4 Å². The van der Waals surface area contributed by atoms with E-state index in [2.05, 4.69) is 35.3 Å². The van der Waals surface area contributed by atoms with Crippen molar-refractivity contribution in [3.63, 3.8) is 0 Å². The zero-order chi connectivity index (χ0) is 16.2. The summed E-state index contributed by atoms with van der Waals surface area (Å²) in [5, 5.41) is 2.75. The van der Waals surface area contributed by atoms with E-state index in [1.807, 2.05) is 0 Å². The molecule has 0 unspecified atom stereocenters. The molecule has 1 N–H and O–H groups in total. The van der Waals surface area contributed by atoms with Crippen molar-refractivity contribution in [3.05, 3.63) is 59.4 Å². The van der Waals surface area contributed by atoms with Gasteiger partial charge in [-0.2, -0.15) is 0 Å². The Morgan fingerprint density at radius 2 is 2.13 bits per heavy atom. The molecule has 4 heteroatoms. The monoisotopic (exact) mass is 312 g/mol.